The van der Waals surface area contributed by atoms with Crippen LogP contribution < -0.4 is 5.73 Å². The molecule has 0 aliphatic rings. The van der Waals surface area contributed by atoms with E-state index < -0.39 is 11.6 Å². The minimum atomic E-state index is -0.717. The van der Waals surface area contributed by atoms with Gasteiger partial charge in [0.05, 0.1) is 10.5 Å². The number of fused-ring (bicyclic) bond motifs is 1. The summed E-state index contributed by atoms with van der Waals surface area (Å²) in [7, 11) is 0. The average Bonchev–Trinajstić information content (AvgIpc) is 2.68. The molecule has 2 aromatic carbocycles. The normalized spacial score (nSPS) is 11.1. The number of rotatable bonds is 1. The molecule has 96 valence electrons. The molecule has 3 nitrogen and oxygen atoms in total. The molecule has 0 aliphatic heterocycles. The first-order valence-corrected chi connectivity index (χ1v) is 5.84. The highest BCUT2D eigenvalue weighted by molar-refractivity contribution is 6.35. The first kappa shape index (κ1) is 11.9. The number of nitrogens with two attached hydrogens (primary N) is 1. The molecule has 0 radical (unpaired) electrons. The van der Waals surface area contributed by atoms with Crippen molar-refractivity contribution in [1.82, 2.24) is 9.55 Å². The first-order valence-electron chi connectivity index (χ1n) is 5.46. The molecule has 19 heavy (non-hydrogen) atoms. The summed E-state index contributed by atoms with van der Waals surface area (Å²) >= 11 is 5.99. The molecule has 6 heteroatoms. The molecule has 0 spiro atoms. The molecule has 0 saturated heterocycles. The first-order chi connectivity index (χ1) is 9.09. The number of benzene rings is 2. The smallest absolute Gasteiger partial charge is 0.206 e. The van der Waals surface area contributed by atoms with E-state index in [0.29, 0.717) is 16.1 Å². The maximum absolute atomic E-state index is 13.8. The van der Waals surface area contributed by atoms with Gasteiger partial charge >= 0.3 is 0 Å². The third-order valence-corrected chi connectivity index (χ3v) is 3.13. The van der Waals surface area contributed by atoms with Crippen molar-refractivity contribution in [3.8, 4) is 5.69 Å². The Morgan fingerprint density at radius 2 is 1.68 bits per heavy atom. The fourth-order valence-electron chi connectivity index (χ4n) is 2.02. The summed E-state index contributed by atoms with van der Waals surface area (Å²) in [6.45, 7) is 0. The van der Waals surface area contributed by atoms with Crippen LogP contribution in [0.5, 0.6) is 0 Å². The van der Waals surface area contributed by atoms with Gasteiger partial charge in [-0.15, -0.1) is 0 Å². The van der Waals surface area contributed by atoms with E-state index in [9.17, 15) is 8.78 Å². The van der Waals surface area contributed by atoms with Crippen LogP contribution in [0.3, 0.4) is 0 Å². The molecular weight excluding hydrogens is 272 g/mol. The van der Waals surface area contributed by atoms with Gasteiger partial charge in [-0.25, -0.2) is 13.8 Å². The number of halogens is 3. The number of aromatic nitrogens is 2. The van der Waals surface area contributed by atoms with Crippen LogP contribution in [0.25, 0.3) is 16.7 Å². The summed E-state index contributed by atoms with van der Waals surface area (Å²) < 4.78 is 28.9. The van der Waals surface area contributed by atoms with Gasteiger partial charge in [0.1, 0.15) is 22.8 Å². The van der Waals surface area contributed by atoms with Crippen LogP contribution in [0, 0.1) is 11.6 Å². The van der Waals surface area contributed by atoms with Crippen molar-refractivity contribution in [3.63, 3.8) is 0 Å². The molecule has 1 heterocycles. The predicted octanol–water partition coefficient (Wildman–Crippen LogP) is 3.54. The Balaban J connectivity index is 2.44. The zero-order chi connectivity index (χ0) is 13.6. The molecule has 3 rings (SSSR count). The van der Waals surface area contributed by atoms with Crippen molar-refractivity contribution in [2.45, 2.75) is 0 Å². The van der Waals surface area contributed by atoms with Crippen LogP contribution >= 0.6 is 11.6 Å². The van der Waals surface area contributed by atoms with E-state index >= 15 is 0 Å². The quantitative estimate of drug-likeness (QED) is 0.740. The van der Waals surface area contributed by atoms with Crippen LogP contribution in [-0.2, 0) is 0 Å². The van der Waals surface area contributed by atoms with Gasteiger partial charge in [0.25, 0.3) is 0 Å². The molecule has 0 amide bonds. The lowest BCUT2D eigenvalue weighted by atomic mass is 10.2. The van der Waals surface area contributed by atoms with Gasteiger partial charge in [0.15, 0.2) is 0 Å². The molecule has 2 N–H and O–H groups in total. The predicted molar refractivity (Wildman–Crippen MR) is 70.4 cm³/mol. The van der Waals surface area contributed by atoms with Gasteiger partial charge in [-0.2, -0.15) is 0 Å². The van der Waals surface area contributed by atoms with Crippen molar-refractivity contribution < 1.29 is 8.78 Å². The van der Waals surface area contributed by atoms with Crippen molar-refractivity contribution in [3.05, 3.63) is 53.1 Å². The lowest BCUT2D eigenvalue weighted by molar-refractivity contribution is 0.572. The number of imidazole rings is 1. The number of para-hydroxylation sites is 2. The topological polar surface area (TPSA) is 43.8 Å². The summed E-state index contributed by atoms with van der Waals surface area (Å²) in [5, 5.41) is 0.375. The van der Waals surface area contributed by atoms with E-state index in [0.717, 1.165) is 12.1 Å². The summed E-state index contributed by atoms with van der Waals surface area (Å²) in [5.41, 5.74) is 6.35. The van der Waals surface area contributed by atoms with Gasteiger partial charge in [0, 0.05) is 0 Å². The highest BCUT2D eigenvalue weighted by Crippen LogP contribution is 2.30. The van der Waals surface area contributed by atoms with E-state index in [1.165, 1.54) is 10.6 Å². The molecule has 3 aromatic rings. The zero-order valence-electron chi connectivity index (χ0n) is 9.57. The lowest BCUT2D eigenvalue weighted by Gasteiger charge is -2.08. The van der Waals surface area contributed by atoms with Crippen molar-refractivity contribution in [2.75, 3.05) is 5.73 Å². The van der Waals surface area contributed by atoms with Crippen LogP contribution in [0.4, 0.5) is 14.7 Å². The third-order valence-electron chi connectivity index (χ3n) is 2.82. The zero-order valence-corrected chi connectivity index (χ0v) is 10.3. The molecule has 0 bridgehead atoms. The van der Waals surface area contributed by atoms with Crippen LogP contribution in [0.1, 0.15) is 0 Å². The second-order valence-electron chi connectivity index (χ2n) is 3.98. The Morgan fingerprint density at radius 3 is 2.37 bits per heavy atom. The minimum absolute atomic E-state index is 0.0212. The standard InChI is InChI=1S/C13H8ClF2N3/c14-7-3-1-6-10-11(7)18-13(17)19(10)12-8(15)4-2-5-9(12)16/h1-6H,(H2,17,18). The molecule has 0 fully saturated rings. The minimum Gasteiger partial charge on any atom is -0.369 e. The van der Waals surface area contributed by atoms with Gasteiger partial charge in [-0.05, 0) is 24.3 Å². The molecule has 0 aliphatic carbocycles. The maximum atomic E-state index is 13.8. The third kappa shape index (κ3) is 1.74. The fourth-order valence-corrected chi connectivity index (χ4v) is 2.23. The van der Waals surface area contributed by atoms with Gasteiger partial charge in [-0.3, -0.25) is 4.57 Å². The largest absolute Gasteiger partial charge is 0.369 e. The highest BCUT2D eigenvalue weighted by Gasteiger charge is 2.18. The number of anilines is 1. The van der Waals surface area contributed by atoms with Crippen LogP contribution in [-0.4, -0.2) is 9.55 Å². The van der Waals surface area contributed by atoms with Crippen molar-refractivity contribution >= 4 is 28.6 Å². The maximum Gasteiger partial charge on any atom is 0.206 e. The molecule has 1 aromatic heterocycles. The summed E-state index contributed by atoms with van der Waals surface area (Å²) in [5.74, 6) is -1.45. The second-order valence-corrected chi connectivity index (χ2v) is 4.39. The number of hydrogen-bond donors (Lipinski definition) is 1. The van der Waals surface area contributed by atoms with E-state index in [1.807, 2.05) is 0 Å². The Morgan fingerprint density at radius 1 is 1.05 bits per heavy atom. The molecule has 0 atom stereocenters. The Hall–Kier alpha value is -2.14. The molecule has 0 unspecified atom stereocenters. The average molecular weight is 280 g/mol. The van der Waals surface area contributed by atoms with E-state index in [2.05, 4.69) is 4.98 Å². The van der Waals surface area contributed by atoms with Crippen LogP contribution in [0.15, 0.2) is 36.4 Å². The van der Waals surface area contributed by atoms with E-state index in [-0.39, 0.29) is 11.6 Å². The van der Waals surface area contributed by atoms with Crippen molar-refractivity contribution in [1.29, 1.82) is 0 Å². The number of nitrogen functional groups attached to an aromatic ring is 1. The monoisotopic (exact) mass is 279 g/mol. The summed E-state index contributed by atoms with van der Waals surface area (Å²) in [6, 6.07) is 8.56. The summed E-state index contributed by atoms with van der Waals surface area (Å²) in [6.07, 6.45) is 0. The Kier molecular flexibility index (Phi) is 2.64. The number of nitrogens with zero attached hydrogens (tertiary/aromatic N) is 2. The van der Waals surface area contributed by atoms with Gasteiger partial charge in [0.2, 0.25) is 5.95 Å². The SMILES string of the molecule is Nc1nc2c(Cl)cccc2n1-c1c(F)cccc1F. The second kappa shape index (κ2) is 4.20. The van der Waals surface area contributed by atoms with Gasteiger partial charge in [-0.1, -0.05) is 23.7 Å². The van der Waals surface area contributed by atoms with E-state index in [4.69, 9.17) is 17.3 Å². The molecular formula is C13H8ClF2N3. The van der Waals surface area contributed by atoms with E-state index in [1.54, 1.807) is 18.2 Å². The fraction of sp³-hybridized carbons (Fsp3) is 0. The van der Waals surface area contributed by atoms with Crippen molar-refractivity contribution in [2.24, 2.45) is 0 Å². The van der Waals surface area contributed by atoms with Gasteiger partial charge < -0.3 is 5.73 Å². The Bertz CT molecular complexity index is 763. The highest BCUT2D eigenvalue weighted by atomic mass is 35.5. The Labute approximate surface area is 112 Å². The molecule has 0 saturated carbocycles. The van der Waals surface area contributed by atoms with Crippen LogP contribution in [0.2, 0.25) is 5.02 Å². The lowest BCUT2D eigenvalue weighted by Crippen LogP contribution is -2.05. The number of hydrogen-bond acceptors (Lipinski definition) is 2. The summed E-state index contributed by atoms with van der Waals surface area (Å²) in [4.78, 5) is 4.05.